The Morgan fingerprint density at radius 3 is 2.71 bits per heavy atom. The Morgan fingerprint density at radius 1 is 1.21 bits per heavy atom. The molecule has 0 radical (unpaired) electrons. The molecule has 0 aliphatic rings. The Kier molecular flexibility index (Phi) is 4.85. The van der Waals surface area contributed by atoms with E-state index in [-0.39, 0.29) is 5.91 Å². The summed E-state index contributed by atoms with van der Waals surface area (Å²) in [4.78, 5) is 14.0. The van der Waals surface area contributed by atoms with Crippen LogP contribution in [0.2, 0.25) is 0 Å². The maximum atomic E-state index is 12.1. The Morgan fingerprint density at radius 2 is 2.00 bits per heavy atom. The van der Waals surface area contributed by atoms with Crippen LogP contribution in [0.15, 0.2) is 36.4 Å². The average Bonchev–Trinajstić information content (AvgIpc) is 3.19. The monoisotopic (exact) mass is 342 g/mol. The van der Waals surface area contributed by atoms with Crippen molar-refractivity contribution in [2.24, 2.45) is 0 Å². The summed E-state index contributed by atoms with van der Waals surface area (Å²) in [5.41, 5.74) is 2.02. The van der Waals surface area contributed by atoms with Crippen molar-refractivity contribution in [1.29, 1.82) is 0 Å². The van der Waals surface area contributed by atoms with Gasteiger partial charge < -0.3 is 10.6 Å². The molecule has 0 saturated carbocycles. The second-order valence-electron chi connectivity index (χ2n) is 5.28. The first-order chi connectivity index (χ1) is 11.6. The topological polar surface area (TPSA) is 84.7 Å². The molecule has 7 nitrogen and oxygen atoms in total. The molecule has 24 heavy (non-hydrogen) atoms. The molecule has 0 fully saturated rings. The molecule has 0 spiro atoms. The zero-order valence-electron chi connectivity index (χ0n) is 13.5. The third-order valence-corrected chi connectivity index (χ3v) is 4.71. The number of carbonyl (C=O) groups is 1. The van der Waals surface area contributed by atoms with Crippen LogP contribution in [0, 0.1) is 13.8 Å². The number of nitrogens with zero attached hydrogens (tertiary/aromatic N) is 4. The Bertz CT molecular complexity index is 807. The number of thiophene rings is 1. The molecule has 2 aromatic heterocycles. The van der Waals surface area contributed by atoms with E-state index in [1.807, 2.05) is 50.2 Å². The Balaban J connectivity index is 1.53. The molecular weight excluding hydrogens is 324 g/mol. The molecule has 0 saturated heterocycles. The van der Waals surface area contributed by atoms with E-state index in [2.05, 4.69) is 26.2 Å². The van der Waals surface area contributed by atoms with Crippen molar-refractivity contribution >= 4 is 23.2 Å². The van der Waals surface area contributed by atoms with Crippen LogP contribution in [0.4, 0.5) is 5.95 Å². The molecule has 0 unspecified atom stereocenters. The number of aryl methyl sites for hydroxylation is 2. The predicted octanol–water partition coefficient (Wildman–Crippen LogP) is 2.18. The highest BCUT2D eigenvalue weighted by Crippen LogP contribution is 2.20. The number of anilines is 1. The number of benzene rings is 1. The zero-order valence-corrected chi connectivity index (χ0v) is 14.3. The van der Waals surface area contributed by atoms with Gasteiger partial charge in [-0.3, -0.25) is 4.79 Å². The molecule has 0 atom stereocenters. The first-order valence-corrected chi connectivity index (χ1v) is 8.39. The molecule has 0 bridgehead atoms. The highest BCUT2D eigenvalue weighted by molar-refractivity contribution is 7.14. The minimum Gasteiger partial charge on any atom is -0.351 e. The number of amides is 1. The van der Waals surface area contributed by atoms with Crippen LogP contribution in [-0.4, -0.2) is 39.2 Å². The number of tetrazole rings is 1. The van der Waals surface area contributed by atoms with Crippen LogP contribution < -0.4 is 10.6 Å². The van der Waals surface area contributed by atoms with Crippen LogP contribution in [0.1, 0.15) is 20.1 Å². The fourth-order valence-electron chi connectivity index (χ4n) is 2.16. The van der Waals surface area contributed by atoms with Gasteiger partial charge in [0.05, 0.1) is 10.6 Å². The van der Waals surface area contributed by atoms with E-state index in [0.29, 0.717) is 19.0 Å². The van der Waals surface area contributed by atoms with Crippen molar-refractivity contribution < 1.29 is 4.79 Å². The quantitative estimate of drug-likeness (QED) is 0.671. The van der Waals surface area contributed by atoms with Crippen molar-refractivity contribution in [3.63, 3.8) is 0 Å². The lowest BCUT2D eigenvalue weighted by Gasteiger charge is -2.07. The smallest absolute Gasteiger partial charge is 0.261 e. The number of hydrogen-bond donors (Lipinski definition) is 2. The zero-order chi connectivity index (χ0) is 16.9. The molecule has 0 aliphatic heterocycles. The third-order valence-electron chi connectivity index (χ3n) is 3.55. The maximum absolute atomic E-state index is 12.1. The third kappa shape index (κ3) is 3.60. The summed E-state index contributed by atoms with van der Waals surface area (Å²) in [5, 5.41) is 17.6. The lowest BCUT2D eigenvalue weighted by molar-refractivity contribution is 0.0959. The number of para-hydroxylation sites is 1. The summed E-state index contributed by atoms with van der Waals surface area (Å²) in [7, 11) is 0. The standard InChI is InChI=1S/C16H18N6OS/c1-11-10-14(24-12(11)2)15(23)17-8-9-18-16-19-20-21-22(16)13-6-4-3-5-7-13/h3-7,10H,8-9H2,1-2H3,(H,17,23)(H,18,19,21). The normalized spacial score (nSPS) is 10.6. The molecule has 3 rings (SSSR count). The van der Waals surface area contributed by atoms with E-state index in [1.165, 1.54) is 16.2 Å². The van der Waals surface area contributed by atoms with E-state index in [1.54, 1.807) is 4.68 Å². The van der Waals surface area contributed by atoms with Gasteiger partial charge in [-0.1, -0.05) is 23.3 Å². The number of aromatic nitrogens is 4. The molecule has 0 aliphatic carbocycles. The van der Waals surface area contributed by atoms with Crippen molar-refractivity contribution in [3.05, 3.63) is 51.7 Å². The van der Waals surface area contributed by atoms with Gasteiger partial charge in [0.1, 0.15) is 0 Å². The van der Waals surface area contributed by atoms with Gasteiger partial charge >= 0.3 is 0 Å². The van der Waals surface area contributed by atoms with E-state index < -0.39 is 0 Å². The summed E-state index contributed by atoms with van der Waals surface area (Å²) in [6.07, 6.45) is 0. The highest BCUT2D eigenvalue weighted by Gasteiger charge is 2.10. The predicted molar refractivity (Wildman–Crippen MR) is 93.8 cm³/mol. The first kappa shape index (κ1) is 16.1. The Hall–Kier alpha value is -2.74. The molecule has 2 heterocycles. The van der Waals surface area contributed by atoms with E-state index in [9.17, 15) is 4.79 Å². The van der Waals surface area contributed by atoms with Gasteiger partial charge in [-0.05, 0) is 48.0 Å². The van der Waals surface area contributed by atoms with Gasteiger partial charge in [-0.25, -0.2) is 0 Å². The second-order valence-corrected chi connectivity index (χ2v) is 6.54. The summed E-state index contributed by atoms with van der Waals surface area (Å²) < 4.78 is 1.62. The van der Waals surface area contributed by atoms with Crippen molar-refractivity contribution in [1.82, 2.24) is 25.5 Å². The number of rotatable bonds is 6. The van der Waals surface area contributed by atoms with Gasteiger partial charge in [0, 0.05) is 18.0 Å². The van der Waals surface area contributed by atoms with Gasteiger partial charge in [0.15, 0.2) is 0 Å². The minimum absolute atomic E-state index is 0.0550. The van der Waals surface area contributed by atoms with E-state index in [0.717, 1.165) is 16.1 Å². The molecule has 1 aromatic carbocycles. The van der Waals surface area contributed by atoms with Gasteiger partial charge in [-0.2, -0.15) is 4.68 Å². The largest absolute Gasteiger partial charge is 0.351 e. The average molecular weight is 342 g/mol. The van der Waals surface area contributed by atoms with Crippen LogP contribution in [0.3, 0.4) is 0 Å². The molecule has 3 aromatic rings. The van der Waals surface area contributed by atoms with Crippen molar-refractivity contribution in [3.8, 4) is 5.69 Å². The fraction of sp³-hybridized carbons (Fsp3) is 0.250. The van der Waals surface area contributed by atoms with Crippen molar-refractivity contribution in [2.75, 3.05) is 18.4 Å². The molecule has 2 N–H and O–H groups in total. The summed E-state index contributed by atoms with van der Waals surface area (Å²) in [6, 6.07) is 11.5. The van der Waals surface area contributed by atoms with E-state index >= 15 is 0 Å². The van der Waals surface area contributed by atoms with Gasteiger partial charge in [0.25, 0.3) is 5.91 Å². The molecule has 1 amide bonds. The minimum atomic E-state index is -0.0550. The second kappa shape index (κ2) is 7.22. The van der Waals surface area contributed by atoms with E-state index in [4.69, 9.17) is 0 Å². The number of carbonyl (C=O) groups excluding carboxylic acids is 1. The lowest BCUT2D eigenvalue weighted by Crippen LogP contribution is -2.28. The van der Waals surface area contributed by atoms with Crippen LogP contribution in [-0.2, 0) is 0 Å². The number of nitrogens with one attached hydrogen (secondary N) is 2. The summed E-state index contributed by atoms with van der Waals surface area (Å²) in [6.45, 7) is 5.04. The van der Waals surface area contributed by atoms with Gasteiger partial charge in [0.2, 0.25) is 5.95 Å². The van der Waals surface area contributed by atoms with Crippen LogP contribution in [0.5, 0.6) is 0 Å². The first-order valence-electron chi connectivity index (χ1n) is 7.58. The summed E-state index contributed by atoms with van der Waals surface area (Å²) >= 11 is 1.51. The lowest BCUT2D eigenvalue weighted by atomic mass is 10.3. The molecular formula is C16H18N6OS. The highest BCUT2D eigenvalue weighted by atomic mass is 32.1. The van der Waals surface area contributed by atoms with Crippen molar-refractivity contribution in [2.45, 2.75) is 13.8 Å². The van der Waals surface area contributed by atoms with Crippen LogP contribution in [0.25, 0.3) is 5.69 Å². The maximum Gasteiger partial charge on any atom is 0.261 e. The van der Waals surface area contributed by atoms with Gasteiger partial charge in [-0.15, -0.1) is 11.3 Å². The molecule has 8 heteroatoms. The van der Waals surface area contributed by atoms with Crippen LogP contribution >= 0.6 is 11.3 Å². The Labute approximate surface area is 143 Å². The summed E-state index contributed by atoms with van der Waals surface area (Å²) in [5.74, 6) is 0.485. The molecule has 124 valence electrons. The SMILES string of the molecule is Cc1cc(C(=O)NCCNc2nnnn2-c2ccccc2)sc1C. The number of hydrogen-bond acceptors (Lipinski definition) is 6. The fourth-order valence-corrected chi connectivity index (χ4v) is 3.11.